The van der Waals surface area contributed by atoms with Gasteiger partial charge in [0.1, 0.15) is 5.82 Å². The first-order valence-corrected chi connectivity index (χ1v) is 9.87. The maximum atomic E-state index is 5.46. The number of aliphatic imine (C=N–C) groups is 1. The number of guanidine groups is 1. The minimum Gasteiger partial charge on any atom is -0.378 e. The van der Waals surface area contributed by atoms with Crippen LogP contribution in [0.4, 0.5) is 5.82 Å². The zero-order chi connectivity index (χ0) is 19.2. The first-order valence-electron chi connectivity index (χ1n) is 9.07. The molecule has 0 aliphatic carbocycles. The van der Waals surface area contributed by atoms with E-state index in [0.29, 0.717) is 6.54 Å². The molecule has 154 valence electrons. The lowest BCUT2D eigenvalue weighted by Gasteiger charge is -2.30. The lowest BCUT2D eigenvalue weighted by molar-refractivity contribution is 0.122. The fourth-order valence-corrected chi connectivity index (χ4v) is 3.80. The molecule has 1 fully saturated rings. The lowest BCUT2D eigenvalue weighted by atomic mass is 10.2. The van der Waals surface area contributed by atoms with Gasteiger partial charge in [-0.3, -0.25) is 4.99 Å². The van der Waals surface area contributed by atoms with E-state index in [1.54, 1.807) is 0 Å². The minimum atomic E-state index is 0. The van der Waals surface area contributed by atoms with Crippen LogP contribution in [-0.4, -0.2) is 60.8 Å². The number of halogens is 2. The van der Waals surface area contributed by atoms with Gasteiger partial charge in [0.25, 0.3) is 0 Å². The van der Waals surface area contributed by atoms with E-state index in [1.165, 1.54) is 5.69 Å². The van der Waals surface area contributed by atoms with Crippen LogP contribution >= 0.6 is 39.9 Å². The molecule has 0 saturated carbocycles. The Morgan fingerprint density at radius 3 is 2.79 bits per heavy atom. The summed E-state index contributed by atoms with van der Waals surface area (Å²) in [6.07, 6.45) is 3.91. The van der Waals surface area contributed by atoms with Gasteiger partial charge in [0.05, 0.1) is 19.8 Å². The van der Waals surface area contributed by atoms with Gasteiger partial charge in [-0.1, -0.05) is 6.07 Å². The van der Waals surface area contributed by atoms with E-state index in [0.717, 1.165) is 54.7 Å². The molecule has 0 bridgehead atoms. The molecule has 7 nitrogen and oxygen atoms in total. The number of aryl methyl sites for hydroxylation is 1. The molecule has 2 aromatic rings. The van der Waals surface area contributed by atoms with Crippen molar-refractivity contribution in [3.63, 3.8) is 0 Å². The Hall–Kier alpha value is -1.33. The van der Waals surface area contributed by atoms with Crippen LogP contribution in [0.1, 0.15) is 11.3 Å². The first-order chi connectivity index (χ1) is 13.1. The van der Waals surface area contributed by atoms with Gasteiger partial charge in [0, 0.05) is 68.9 Å². The first kappa shape index (κ1) is 23.0. The second-order valence-electron chi connectivity index (χ2n) is 6.60. The van der Waals surface area contributed by atoms with Crippen molar-refractivity contribution in [2.45, 2.75) is 13.1 Å². The highest BCUT2D eigenvalue weighted by atomic mass is 127. The van der Waals surface area contributed by atoms with Gasteiger partial charge in [0.15, 0.2) is 5.96 Å². The van der Waals surface area contributed by atoms with Crippen LogP contribution < -0.4 is 10.2 Å². The molecular weight excluding hydrogens is 535 g/mol. The molecule has 0 radical (unpaired) electrons. The number of nitrogens with zero attached hydrogens (tertiary/aromatic N) is 5. The number of ether oxygens (including phenoxy) is 1. The summed E-state index contributed by atoms with van der Waals surface area (Å²) >= 11 is 3.53. The van der Waals surface area contributed by atoms with Gasteiger partial charge in [0.2, 0.25) is 0 Å². The average Bonchev–Trinajstić information content (AvgIpc) is 3.00. The Bertz CT molecular complexity index is 790. The number of hydrogen-bond acceptors (Lipinski definition) is 4. The molecule has 3 rings (SSSR count). The van der Waals surface area contributed by atoms with Crippen LogP contribution in [0.25, 0.3) is 0 Å². The van der Waals surface area contributed by atoms with Crippen LogP contribution in [0.2, 0.25) is 0 Å². The van der Waals surface area contributed by atoms with Crippen molar-refractivity contribution in [1.82, 2.24) is 19.8 Å². The summed E-state index contributed by atoms with van der Waals surface area (Å²) in [7, 11) is 5.91. The van der Waals surface area contributed by atoms with E-state index >= 15 is 0 Å². The Morgan fingerprint density at radius 1 is 1.39 bits per heavy atom. The molecule has 1 N–H and O–H groups in total. The third-order valence-electron chi connectivity index (χ3n) is 4.66. The smallest absolute Gasteiger partial charge is 0.194 e. The molecular formula is C19H28BrIN6O. The quantitative estimate of drug-likeness (QED) is 0.345. The van der Waals surface area contributed by atoms with Crippen LogP contribution in [0.3, 0.4) is 0 Å². The molecule has 3 heterocycles. The van der Waals surface area contributed by atoms with Gasteiger partial charge < -0.3 is 24.4 Å². The molecule has 1 aliphatic rings. The van der Waals surface area contributed by atoms with Crippen molar-refractivity contribution in [2.24, 2.45) is 12.0 Å². The normalized spacial score (nSPS) is 14.6. The second kappa shape index (κ2) is 11.0. The van der Waals surface area contributed by atoms with Crippen molar-refractivity contribution in [3.05, 3.63) is 46.3 Å². The Kier molecular flexibility index (Phi) is 9.03. The maximum Gasteiger partial charge on any atom is 0.194 e. The zero-order valence-electron chi connectivity index (χ0n) is 16.6. The number of aromatic nitrogens is 2. The van der Waals surface area contributed by atoms with Gasteiger partial charge >= 0.3 is 0 Å². The van der Waals surface area contributed by atoms with Crippen LogP contribution in [0, 0.1) is 0 Å². The molecule has 0 unspecified atom stereocenters. The number of rotatable bonds is 5. The van der Waals surface area contributed by atoms with Crippen LogP contribution in [0.15, 0.2) is 40.1 Å². The van der Waals surface area contributed by atoms with Gasteiger partial charge in [-0.2, -0.15) is 0 Å². The lowest BCUT2D eigenvalue weighted by Crippen LogP contribution is -2.40. The monoisotopic (exact) mass is 562 g/mol. The molecule has 0 aromatic carbocycles. The largest absolute Gasteiger partial charge is 0.378 e. The third-order valence-corrected chi connectivity index (χ3v) is 5.10. The van der Waals surface area contributed by atoms with Gasteiger partial charge in [-0.15, -0.1) is 24.0 Å². The molecule has 28 heavy (non-hydrogen) atoms. The molecule has 0 spiro atoms. The zero-order valence-corrected chi connectivity index (χ0v) is 20.5. The van der Waals surface area contributed by atoms with Crippen molar-refractivity contribution < 1.29 is 4.74 Å². The molecule has 0 atom stereocenters. The second-order valence-corrected chi connectivity index (χ2v) is 7.52. The minimum absolute atomic E-state index is 0. The van der Waals surface area contributed by atoms with E-state index in [9.17, 15) is 0 Å². The van der Waals surface area contributed by atoms with Gasteiger partial charge in [-0.25, -0.2) is 4.98 Å². The summed E-state index contributed by atoms with van der Waals surface area (Å²) in [4.78, 5) is 13.4. The van der Waals surface area contributed by atoms with E-state index < -0.39 is 0 Å². The van der Waals surface area contributed by atoms with Crippen LogP contribution in [-0.2, 0) is 24.9 Å². The summed E-state index contributed by atoms with van der Waals surface area (Å²) in [6, 6.07) is 6.22. The van der Waals surface area contributed by atoms with Crippen molar-refractivity contribution in [3.8, 4) is 0 Å². The number of hydrogen-bond donors (Lipinski definition) is 1. The summed E-state index contributed by atoms with van der Waals surface area (Å²) < 4.78 is 8.66. The predicted octanol–water partition coefficient (Wildman–Crippen LogP) is 2.84. The Labute approximate surface area is 192 Å². The highest BCUT2D eigenvalue weighted by Crippen LogP contribution is 2.19. The fraction of sp³-hybridized carbons (Fsp3) is 0.474. The van der Waals surface area contributed by atoms with Crippen molar-refractivity contribution in [2.75, 3.05) is 45.3 Å². The maximum absolute atomic E-state index is 5.46. The number of pyridine rings is 1. The molecule has 2 aromatic heterocycles. The van der Waals surface area contributed by atoms with Crippen molar-refractivity contribution >= 4 is 51.7 Å². The number of nitrogens with one attached hydrogen (secondary N) is 1. The SMILES string of the molecule is CN=C(NCc1cccnc1N1CCOCC1)N(C)Cc1cc(Br)cn1C.I. The van der Waals surface area contributed by atoms with E-state index in [4.69, 9.17) is 4.74 Å². The molecule has 1 aliphatic heterocycles. The van der Waals surface area contributed by atoms with E-state index in [-0.39, 0.29) is 24.0 Å². The standard InChI is InChI=1S/C19H27BrN6O.HI/c1-21-19(25(3)14-17-11-16(20)13-24(17)2)23-12-15-5-4-6-22-18(15)26-7-9-27-10-8-26;/h4-6,11,13H,7-10,12,14H2,1-3H3,(H,21,23);1H. The average molecular weight is 563 g/mol. The highest BCUT2D eigenvalue weighted by molar-refractivity contribution is 14.0. The molecule has 9 heteroatoms. The fourth-order valence-electron chi connectivity index (χ4n) is 3.23. The summed E-state index contributed by atoms with van der Waals surface area (Å²) in [5.41, 5.74) is 2.37. The summed E-state index contributed by atoms with van der Waals surface area (Å²) in [5.74, 6) is 1.88. The molecule has 0 amide bonds. The van der Waals surface area contributed by atoms with E-state index in [1.807, 2.05) is 33.4 Å². The third kappa shape index (κ3) is 5.84. The highest BCUT2D eigenvalue weighted by Gasteiger charge is 2.16. The van der Waals surface area contributed by atoms with Crippen molar-refractivity contribution in [1.29, 1.82) is 0 Å². The molecule has 1 saturated heterocycles. The van der Waals surface area contributed by atoms with Gasteiger partial charge in [-0.05, 0) is 28.1 Å². The summed E-state index contributed by atoms with van der Waals surface area (Å²) in [5, 5.41) is 3.47. The topological polar surface area (TPSA) is 57.9 Å². The predicted molar refractivity (Wildman–Crippen MR) is 127 cm³/mol. The van der Waals surface area contributed by atoms with Crippen LogP contribution in [0.5, 0.6) is 0 Å². The number of morpholine rings is 1. The number of anilines is 1. The Morgan fingerprint density at radius 2 is 2.14 bits per heavy atom. The van der Waals surface area contributed by atoms with E-state index in [2.05, 4.69) is 63.9 Å². The summed E-state index contributed by atoms with van der Waals surface area (Å²) in [6.45, 7) is 4.70. The Balaban J connectivity index is 0.00000280.